The van der Waals surface area contributed by atoms with E-state index in [-0.39, 0.29) is 4.83 Å². The van der Waals surface area contributed by atoms with Gasteiger partial charge in [-0.25, -0.2) is 0 Å². The highest BCUT2D eigenvalue weighted by Crippen LogP contribution is 2.37. The summed E-state index contributed by atoms with van der Waals surface area (Å²) in [4.78, 5) is -0.389. The Morgan fingerprint density at radius 3 is 2.15 bits per heavy atom. The van der Waals surface area contributed by atoms with Gasteiger partial charge < -0.3 is 0 Å². The molecule has 6 heteroatoms. The molecule has 0 amide bonds. The minimum Gasteiger partial charge on any atom is -0.166 e. The maximum Gasteiger partial charge on any atom is 0.416 e. The third kappa shape index (κ3) is 3.48. The van der Waals surface area contributed by atoms with Crippen LogP contribution in [0.4, 0.5) is 13.2 Å². The van der Waals surface area contributed by atoms with Crippen LogP contribution in [-0.2, 0) is 6.18 Å². The minimum absolute atomic E-state index is 0.362. The molecule has 0 spiro atoms. The second-order valence-electron chi connectivity index (χ2n) is 4.16. The van der Waals surface area contributed by atoms with E-state index in [1.165, 1.54) is 6.07 Å². The van der Waals surface area contributed by atoms with E-state index in [1.54, 1.807) is 24.3 Å². The normalized spacial score (nSPS) is 13.3. The second-order valence-corrected chi connectivity index (χ2v) is 5.89. The average Bonchev–Trinajstić information content (AvgIpc) is 2.40. The fourth-order valence-electron chi connectivity index (χ4n) is 1.74. The van der Waals surface area contributed by atoms with Gasteiger partial charge in [0, 0.05) is 0 Å². The molecule has 0 nitrogen and oxygen atoms in total. The summed E-state index contributed by atoms with van der Waals surface area (Å²) in [6.45, 7) is 0. The molecular formula is C14H8BrCl2F3. The van der Waals surface area contributed by atoms with Gasteiger partial charge in [-0.2, -0.15) is 13.2 Å². The molecule has 0 fully saturated rings. The predicted octanol–water partition coefficient (Wildman–Crippen LogP) is 6.50. The third-order valence-corrected chi connectivity index (χ3v) is 4.54. The van der Waals surface area contributed by atoms with Crippen molar-refractivity contribution in [2.45, 2.75) is 11.0 Å². The molecule has 2 aromatic rings. The minimum atomic E-state index is -4.36. The Hall–Kier alpha value is -0.710. The number of hydrogen-bond donors (Lipinski definition) is 0. The Kier molecular flexibility index (Phi) is 4.67. The molecule has 1 atom stereocenters. The average molecular weight is 384 g/mol. The van der Waals surface area contributed by atoms with E-state index in [0.29, 0.717) is 15.6 Å². The number of hydrogen-bond acceptors (Lipinski definition) is 0. The Labute approximate surface area is 132 Å². The molecule has 0 bridgehead atoms. The van der Waals surface area contributed by atoms with Gasteiger partial charge in [0.15, 0.2) is 0 Å². The van der Waals surface area contributed by atoms with Crippen LogP contribution in [0.3, 0.4) is 0 Å². The lowest BCUT2D eigenvalue weighted by molar-refractivity contribution is -0.137. The van der Waals surface area contributed by atoms with Gasteiger partial charge in [-0.05, 0) is 29.3 Å². The van der Waals surface area contributed by atoms with Gasteiger partial charge in [0.25, 0.3) is 0 Å². The molecule has 2 rings (SSSR count). The summed E-state index contributed by atoms with van der Waals surface area (Å²) in [6.07, 6.45) is -4.36. The SMILES string of the molecule is FC(F)(F)c1cccc(C(Br)c2ccc(Cl)c(Cl)c2)c1. The molecule has 0 aromatic heterocycles. The van der Waals surface area contributed by atoms with Gasteiger partial charge >= 0.3 is 6.18 Å². The summed E-state index contributed by atoms with van der Waals surface area (Å²) in [7, 11) is 0. The summed E-state index contributed by atoms with van der Waals surface area (Å²) < 4.78 is 38.1. The van der Waals surface area contributed by atoms with Crippen LogP contribution in [0.5, 0.6) is 0 Å². The lowest BCUT2D eigenvalue weighted by atomic mass is 10.0. The predicted molar refractivity (Wildman–Crippen MR) is 78.7 cm³/mol. The second kappa shape index (κ2) is 5.96. The Morgan fingerprint density at radius 2 is 1.55 bits per heavy atom. The molecule has 106 valence electrons. The van der Waals surface area contributed by atoms with Gasteiger partial charge in [0.2, 0.25) is 0 Å². The van der Waals surface area contributed by atoms with E-state index in [1.807, 2.05) is 0 Å². The number of alkyl halides is 4. The summed E-state index contributed by atoms with van der Waals surface area (Å²) in [5.74, 6) is 0. The summed E-state index contributed by atoms with van der Waals surface area (Å²) in [6, 6.07) is 10.1. The van der Waals surface area contributed by atoms with Crippen LogP contribution in [0.2, 0.25) is 10.0 Å². The molecule has 0 radical (unpaired) electrons. The smallest absolute Gasteiger partial charge is 0.166 e. The maximum absolute atomic E-state index is 12.7. The summed E-state index contributed by atoms with van der Waals surface area (Å²) in [5, 5.41) is 0.764. The van der Waals surface area contributed by atoms with Gasteiger partial charge in [-0.15, -0.1) is 0 Å². The van der Waals surface area contributed by atoms with Gasteiger partial charge in [-0.3, -0.25) is 0 Å². The van der Waals surface area contributed by atoms with E-state index < -0.39 is 11.7 Å². The first kappa shape index (κ1) is 15.7. The van der Waals surface area contributed by atoms with Crippen molar-refractivity contribution in [2.75, 3.05) is 0 Å². The van der Waals surface area contributed by atoms with E-state index >= 15 is 0 Å². The lowest BCUT2D eigenvalue weighted by Gasteiger charge is -2.14. The third-order valence-electron chi connectivity index (χ3n) is 2.74. The van der Waals surface area contributed by atoms with Crippen molar-refractivity contribution >= 4 is 39.1 Å². The summed E-state index contributed by atoms with van der Waals surface area (Å²) in [5.41, 5.74) is 0.552. The molecule has 0 saturated heterocycles. The molecule has 1 unspecified atom stereocenters. The zero-order valence-electron chi connectivity index (χ0n) is 9.89. The van der Waals surface area contributed by atoms with Crippen LogP contribution in [0.15, 0.2) is 42.5 Å². The Bertz CT molecular complexity index is 626. The first-order chi connectivity index (χ1) is 9.29. The van der Waals surface area contributed by atoms with Crippen LogP contribution in [0.1, 0.15) is 21.5 Å². The van der Waals surface area contributed by atoms with E-state index in [0.717, 1.165) is 17.7 Å². The highest BCUT2D eigenvalue weighted by atomic mass is 79.9. The zero-order valence-corrected chi connectivity index (χ0v) is 13.0. The Morgan fingerprint density at radius 1 is 0.900 bits per heavy atom. The van der Waals surface area contributed by atoms with Crippen LogP contribution >= 0.6 is 39.1 Å². The van der Waals surface area contributed by atoms with Crippen LogP contribution < -0.4 is 0 Å². The number of benzene rings is 2. The maximum atomic E-state index is 12.7. The molecule has 0 N–H and O–H groups in total. The van der Waals surface area contributed by atoms with Crippen molar-refractivity contribution in [1.82, 2.24) is 0 Å². The monoisotopic (exact) mass is 382 g/mol. The molecule has 0 heterocycles. The highest BCUT2D eigenvalue weighted by molar-refractivity contribution is 9.09. The fourth-order valence-corrected chi connectivity index (χ4v) is 2.61. The summed E-state index contributed by atoms with van der Waals surface area (Å²) >= 11 is 15.1. The number of halogens is 6. The zero-order chi connectivity index (χ0) is 14.9. The molecule has 0 aliphatic heterocycles. The molecule has 0 aliphatic carbocycles. The first-order valence-electron chi connectivity index (χ1n) is 5.55. The number of rotatable bonds is 2. The molecular weight excluding hydrogens is 376 g/mol. The quantitative estimate of drug-likeness (QED) is 0.519. The molecule has 0 saturated carbocycles. The van der Waals surface area contributed by atoms with Crippen LogP contribution in [-0.4, -0.2) is 0 Å². The van der Waals surface area contributed by atoms with E-state index in [2.05, 4.69) is 15.9 Å². The van der Waals surface area contributed by atoms with Gasteiger partial charge in [0.05, 0.1) is 20.4 Å². The van der Waals surface area contributed by atoms with E-state index in [9.17, 15) is 13.2 Å². The van der Waals surface area contributed by atoms with Crippen LogP contribution in [0, 0.1) is 0 Å². The molecule has 2 aromatic carbocycles. The lowest BCUT2D eigenvalue weighted by Crippen LogP contribution is -2.05. The van der Waals surface area contributed by atoms with E-state index in [4.69, 9.17) is 23.2 Å². The molecule has 0 aliphatic rings. The highest BCUT2D eigenvalue weighted by Gasteiger charge is 2.30. The molecule has 20 heavy (non-hydrogen) atoms. The first-order valence-corrected chi connectivity index (χ1v) is 7.22. The fraction of sp³-hybridized carbons (Fsp3) is 0.143. The van der Waals surface area contributed by atoms with Crippen molar-refractivity contribution < 1.29 is 13.2 Å². The Balaban J connectivity index is 2.38. The van der Waals surface area contributed by atoms with Crippen molar-refractivity contribution in [2.24, 2.45) is 0 Å². The van der Waals surface area contributed by atoms with Gasteiger partial charge in [0.1, 0.15) is 0 Å². The van der Waals surface area contributed by atoms with Crippen molar-refractivity contribution in [3.05, 3.63) is 69.2 Å². The van der Waals surface area contributed by atoms with Crippen LogP contribution in [0.25, 0.3) is 0 Å². The van der Waals surface area contributed by atoms with Crippen molar-refractivity contribution in [3.8, 4) is 0 Å². The standard InChI is InChI=1S/C14H8BrCl2F3/c15-13(9-4-5-11(16)12(17)7-9)8-2-1-3-10(6-8)14(18,19)20/h1-7,13H. The van der Waals surface area contributed by atoms with Crippen molar-refractivity contribution in [3.63, 3.8) is 0 Å². The van der Waals surface area contributed by atoms with Crippen molar-refractivity contribution in [1.29, 1.82) is 0 Å². The largest absolute Gasteiger partial charge is 0.416 e. The van der Waals surface area contributed by atoms with Gasteiger partial charge in [-0.1, -0.05) is 63.4 Å². The topological polar surface area (TPSA) is 0 Å².